The number of para-hydroxylation sites is 2. The normalized spacial score (nSPS) is 9.14. The lowest BCUT2D eigenvalue weighted by molar-refractivity contribution is 0.200. The van der Waals surface area contributed by atoms with Gasteiger partial charge in [-0.3, -0.25) is 5.32 Å². The molecule has 0 aliphatic carbocycles. The van der Waals surface area contributed by atoms with E-state index in [2.05, 4.69) is 5.32 Å². The molecule has 1 rings (SSSR count). The summed E-state index contributed by atoms with van der Waals surface area (Å²) < 4.78 is 0. The number of nitrogens with two attached hydrogens (primary N) is 1. The number of nitrogen functional groups attached to an aromatic ring is 1. The predicted octanol–water partition coefficient (Wildman–Crippen LogP) is 1.23. The van der Waals surface area contributed by atoms with Crippen molar-refractivity contribution >= 4 is 34.8 Å². The van der Waals surface area contributed by atoms with Crippen LogP contribution < -0.4 is 16.4 Å². The van der Waals surface area contributed by atoms with E-state index < -0.39 is 6.09 Å². The Morgan fingerprint density at radius 2 is 2.07 bits per heavy atom. The molecule has 0 heterocycles. The quantitative estimate of drug-likeness (QED) is 0.414. The first kappa shape index (κ1) is 10.3. The number of hydrogen-bond acceptors (Lipinski definition) is 3. The van der Waals surface area contributed by atoms with Gasteiger partial charge >= 0.3 is 6.09 Å². The first-order valence-corrected chi connectivity index (χ1v) is 4.16. The van der Waals surface area contributed by atoms with Crippen molar-refractivity contribution < 1.29 is 9.90 Å². The summed E-state index contributed by atoms with van der Waals surface area (Å²) in [6, 6.07) is 6.92. The molecule has 0 radical (unpaired) electrons. The van der Waals surface area contributed by atoms with Crippen LogP contribution in [-0.2, 0) is 0 Å². The average molecular weight is 211 g/mol. The molecule has 0 saturated carbocycles. The zero-order valence-electron chi connectivity index (χ0n) is 7.15. The lowest BCUT2D eigenvalue weighted by Crippen LogP contribution is -2.32. The van der Waals surface area contributed by atoms with Crippen molar-refractivity contribution in [1.29, 1.82) is 0 Å². The minimum Gasteiger partial charge on any atom is -0.465 e. The second-order valence-corrected chi connectivity index (χ2v) is 2.88. The molecule has 1 aromatic rings. The van der Waals surface area contributed by atoms with Crippen LogP contribution >= 0.6 is 12.2 Å². The maximum Gasteiger partial charge on any atom is 0.410 e. The largest absolute Gasteiger partial charge is 0.465 e. The van der Waals surface area contributed by atoms with Crippen molar-refractivity contribution in [3.05, 3.63) is 24.3 Å². The van der Waals surface area contributed by atoms with Crippen LogP contribution in [-0.4, -0.2) is 16.3 Å². The number of anilines is 2. The standard InChI is InChI=1S/C8H9N3O2S/c9-5-3-1-2-4-6(5)10-7(14)11-8(12)13/h1-4H,9H2,(H,12,13)(H2,10,11,14). The van der Waals surface area contributed by atoms with Crippen LogP contribution in [0.2, 0.25) is 0 Å². The van der Waals surface area contributed by atoms with E-state index in [1.165, 1.54) is 0 Å². The fraction of sp³-hybridized carbons (Fsp3) is 0. The lowest BCUT2D eigenvalue weighted by atomic mass is 10.3. The number of carbonyl (C=O) groups is 1. The van der Waals surface area contributed by atoms with Crippen LogP contribution in [0.3, 0.4) is 0 Å². The minimum absolute atomic E-state index is 0.00426. The molecule has 0 atom stereocenters. The molecule has 1 amide bonds. The summed E-state index contributed by atoms with van der Waals surface area (Å²) in [5.74, 6) is 0. The van der Waals surface area contributed by atoms with Crippen LogP contribution in [0.4, 0.5) is 16.2 Å². The van der Waals surface area contributed by atoms with Gasteiger partial charge in [0.15, 0.2) is 5.11 Å². The Morgan fingerprint density at radius 1 is 1.43 bits per heavy atom. The summed E-state index contributed by atoms with van der Waals surface area (Å²) in [6.45, 7) is 0. The first-order chi connectivity index (χ1) is 6.59. The Morgan fingerprint density at radius 3 is 2.64 bits per heavy atom. The summed E-state index contributed by atoms with van der Waals surface area (Å²) in [5, 5.41) is 13.0. The Kier molecular flexibility index (Phi) is 3.24. The summed E-state index contributed by atoms with van der Waals surface area (Å²) in [5.41, 5.74) is 6.68. The fourth-order valence-electron chi connectivity index (χ4n) is 0.862. The molecule has 0 aliphatic heterocycles. The maximum absolute atomic E-state index is 10.2. The summed E-state index contributed by atoms with van der Waals surface area (Å²) in [4.78, 5) is 10.2. The van der Waals surface area contributed by atoms with E-state index in [9.17, 15) is 4.79 Å². The molecule has 0 aliphatic rings. The van der Waals surface area contributed by atoms with Gasteiger partial charge in [0.1, 0.15) is 0 Å². The monoisotopic (exact) mass is 211 g/mol. The summed E-state index contributed by atoms with van der Waals surface area (Å²) in [7, 11) is 0. The SMILES string of the molecule is Nc1ccccc1NC(=S)NC(=O)O. The smallest absolute Gasteiger partial charge is 0.410 e. The van der Waals surface area contributed by atoms with Gasteiger partial charge < -0.3 is 16.2 Å². The third-order valence-electron chi connectivity index (χ3n) is 1.43. The van der Waals surface area contributed by atoms with Gasteiger partial charge in [-0.25, -0.2) is 4.79 Å². The number of thiocarbonyl (C=S) groups is 1. The molecule has 0 bridgehead atoms. The number of amides is 1. The van der Waals surface area contributed by atoms with Gasteiger partial charge in [0.2, 0.25) is 0 Å². The van der Waals surface area contributed by atoms with Crippen molar-refractivity contribution in [2.24, 2.45) is 0 Å². The van der Waals surface area contributed by atoms with Crippen molar-refractivity contribution in [2.45, 2.75) is 0 Å². The molecule has 74 valence electrons. The molecule has 14 heavy (non-hydrogen) atoms. The number of carboxylic acid groups (broad SMARTS) is 1. The number of benzene rings is 1. The van der Waals surface area contributed by atoms with Gasteiger partial charge in [-0.2, -0.15) is 0 Å². The molecular weight excluding hydrogens is 202 g/mol. The van der Waals surface area contributed by atoms with Crippen molar-refractivity contribution in [1.82, 2.24) is 5.32 Å². The second kappa shape index (κ2) is 4.43. The van der Waals surface area contributed by atoms with Crippen LogP contribution in [0.25, 0.3) is 0 Å². The fourth-order valence-corrected chi connectivity index (χ4v) is 1.06. The zero-order chi connectivity index (χ0) is 10.6. The third-order valence-corrected chi connectivity index (χ3v) is 1.63. The van der Waals surface area contributed by atoms with Gasteiger partial charge in [0.05, 0.1) is 11.4 Å². The van der Waals surface area contributed by atoms with Crippen LogP contribution in [0.5, 0.6) is 0 Å². The van der Waals surface area contributed by atoms with Crippen molar-refractivity contribution in [3.8, 4) is 0 Å². The molecule has 5 nitrogen and oxygen atoms in total. The number of rotatable bonds is 1. The molecule has 0 fully saturated rings. The molecule has 0 spiro atoms. The van der Waals surface area contributed by atoms with Crippen LogP contribution in [0.1, 0.15) is 0 Å². The zero-order valence-corrected chi connectivity index (χ0v) is 7.97. The predicted molar refractivity (Wildman–Crippen MR) is 58.2 cm³/mol. The Hall–Kier alpha value is -1.82. The highest BCUT2D eigenvalue weighted by Crippen LogP contribution is 2.16. The number of nitrogens with one attached hydrogen (secondary N) is 2. The van der Waals surface area contributed by atoms with E-state index in [1.807, 2.05) is 5.32 Å². The first-order valence-electron chi connectivity index (χ1n) is 3.75. The summed E-state index contributed by atoms with van der Waals surface area (Å²) >= 11 is 4.71. The Bertz CT molecular complexity index is 367. The molecule has 0 saturated heterocycles. The van der Waals surface area contributed by atoms with Crippen LogP contribution in [0.15, 0.2) is 24.3 Å². The molecule has 6 heteroatoms. The highest BCUT2D eigenvalue weighted by atomic mass is 32.1. The van der Waals surface area contributed by atoms with Gasteiger partial charge in [0.25, 0.3) is 0 Å². The van der Waals surface area contributed by atoms with Gasteiger partial charge in [-0.1, -0.05) is 12.1 Å². The van der Waals surface area contributed by atoms with Crippen molar-refractivity contribution in [2.75, 3.05) is 11.1 Å². The molecule has 1 aromatic carbocycles. The molecule has 0 aromatic heterocycles. The van der Waals surface area contributed by atoms with Gasteiger partial charge in [0, 0.05) is 0 Å². The third kappa shape index (κ3) is 2.91. The van der Waals surface area contributed by atoms with Crippen molar-refractivity contribution in [3.63, 3.8) is 0 Å². The summed E-state index contributed by atoms with van der Waals surface area (Å²) in [6.07, 6.45) is -1.21. The van der Waals surface area contributed by atoms with E-state index in [0.717, 1.165) is 0 Å². The van der Waals surface area contributed by atoms with Gasteiger partial charge in [-0.05, 0) is 24.4 Å². The van der Waals surface area contributed by atoms with Crippen LogP contribution in [0, 0.1) is 0 Å². The van der Waals surface area contributed by atoms with E-state index in [-0.39, 0.29) is 5.11 Å². The average Bonchev–Trinajstić information content (AvgIpc) is 2.07. The molecular formula is C8H9N3O2S. The topological polar surface area (TPSA) is 87.4 Å². The van der Waals surface area contributed by atoms with E-state index in [1.54, 1.807) is 24.3 Å². The molecule has 5 N–H and O–H groups in total. The minimum atomic E-state index is -1.21. The highest BCUT2D eigenvalue weighted by Gasteiger charge is 2.02. The van der Waals surface area contributed by atoms with E-state index >= 15 is 0 Å². The van der Waals surface area contributed by atoms with Gasteiger partial charge in [-0.15, -0.1) is 0 Å². The molecule has 0 unspecified atom stereocenters. The van der Waals surface area contributed by atoms with E-state index in [4.69, 9.17) is 23.1 Å². The lowest BCUT2D eigenvalue weighted by Gasteiger charge is -2.08. The Labute approximate surface area is 85.9 Å². The maximum atomic E-state index is 10.2. The highest BCUT2D eigenvalue weighted by molar-refractivity contribution is 7.80. The van der Waals surface area contributed by atoms with E-state index in [0.29, 0.717) is 11.4 Å². The Balaban J connectivity index is 2.65. The number of hydrogen-bond donors (Lipinski definition) is 4. The second-order valence-electron chi connectivity index (χ2n) is 2.47.